The molecule has 0 bridgehead atoms. The van der Waals surface area contributed by atoms with Crippen molar-refractivity contribution in [3.63, 3.8) is 0 Å². The highest BCUT2D eigenvalue weighted by atomic mass is 32.2. The summed E-state index contributed by atoms with van der Waals surface area (Å²) in [5.74, 6) is 3.96. The van der Waals surface area contributed by atoms with Crippen molar-refractivity contribution in [2.75, 3.05) is 18.8 Å². The summed E-state index contributed by atoms with van der Waals surface area (Å²) >= 11 is 1.90. The van der Waals surface area contributed by atoms with Crippen LogP contribution in [0.25, 0.3) is 0 Å². The largest absolute Gasteiger partial charge is 0.307 e. The molecular formula is C12H24N2S. The number of hydrogen-bond donors (Lipinski definition) is 1. The average Bonchev–Trinajstić information content (AvgIpc) is 2.50. The Balaban J connectivity index is 1.83. The molecule has 3 heteroatoms. The van der Waals surface area contributed by atoms with Crippen LogP contribution in [-0.2, 0) is 0 Å². The van der Waals surface area contributed by atoms with Gasteiger partial charge in [0.15, 0.2) is 0 Å². The quantitative estimate of drug-likeness (QED) is 0.786. The molecular weight excluding hydrogens is 204 g/mol. The molecule has 3 unspecified atom stereocenters. The highest BCUT2D eigenvalue weighted by Crippen LogP contribution is 2.34. The molecule has 2 rings (SSSR count). The van der Waals surface area contributed by atoms with Crippen molar-refractivity contribution in [1.82, 2.24) is 4.90 Å². The van der Waals surface area contributed by atoms with E-state index in [1.54, 1.807) is 0 Å². The minimum atomic E-state index is 0.275. The Hall–Kier alpha value is 0.270. The molecule has 2 aliphatic rings. The van der Waals surface area contributed by atoms with Crippen molar-refractivity contribution in [1.29, 1.82) is 0 Å². The maximum absolute atomic E-state index is 6.05. The number of nitrogens with zero attached hydrogens (tertiary/aromatic N) is 1. The fraction of sp³-hybridized carbons (Fsp3) is 1.00. The third-order valence-corrected chi connectivity index (χ3v) is 4.85. The van der Waals surface area contributed by atoms with Crippen LogP contribution >= 0.6 is 11.8 Å². The average molecular weight is 228 g/mol. The minimum Gasteiger partial charge on any atom is -0.307 e. The van der Waals surface area contributed by atoms with E-state index in [0.29, 0.717) is 0 Å². The van der Waals surface area contributed by atoms with Crippen molar-refractivity contribution in [2.45, 2.75) is 38.6 Å². The van der Waals surface area contributed by atoms with Gasteiger partial charge in [-0.2, -0.15) is 0 Å². The Morgan fingerprint density at radius 3 is 2.40 bits per heavy atom. The zero-order chi connectivity index (χ0) is 10.8. The first-order chi connectivity index (χ1) is 7.15. The van der Waals surface area contributed by atoms with Crippen LogP contribution in [-0.4, -0.2) is 29.2 Å². The molecule has 2 N–H and O–H groups in total. The molecule has 1 saturated heterocycles. The Labute approximate surface area is 98.0 Å². The molecule has 0 amide bonds. The predicted molar refractivity (Wildman–Crippen MR) is 67.7 cm³/mol. The SMILES string of the molecule is CC1CC(C)CC(CN2CCSC2N)C1. The molecule has 3 atom stereocenters. The molecule has 1 aliphatic carbocycles. The monoisotopic (exact) mass is 228 g/mol. The lowest BCUT2D eigenvalue weighted by molar-refractivity contribution is 0.156. The van der Waals surface area contributed by atoms with E-state index in [9.17, 15) is 0 Å². The van der Waals surface area contributed by atoms with Gasteiger partial charge < -0.3 is 5.73 Å². The minimum absolute atomic E-state index is 0.275. The number of rotatable bonds is 2. The number of hydrogen-bond acceptors (Lipinski definition) is 3. The lowest BCUT2D eigenvalue weighted by atomic mass is 9.76. The van der Waals surface area contributed by atoms with Crippen LogP contribution in [0.15, 0.2) is 0 Å². The van der Waals surface area contributed by atoms with Crippen LogP contribution in [0.3, 0.4) is 0 Å². The van der Waals surface area contributed by atoms with Gasteiger partial charge in [0.2, 0.25) is 0 Å². The van der Waals surface area contributed by atoms with Crippen LogP contribution in [0.5, 0.6) is 0 Å². The van der Waals surface area contributed by atoms with Gasteiger partial charge >= 0.3 is 0 Å². The van der Waals surface area contributed by atoms with Crippen LogP contribution in [0, 0.1) is 17.8 Å². The molecule has 1 heterocycles. The molecule has 0 aromatic heterocycles. The van der Waals surface area contributed by atoms with Crippen LogP contribution in [0.1, 0.15) is 33.1 Å². The van der Waals surface area contributed by atoms with E-state index >= 15 is 0 Å². The second kappa shape index (κ2) is 5.07. The van der Waals surface area contributed by atoms with Crippen LogP contribution < -0.4 is 5.73 Å². The molecule has 2 fully saturated rings. The zero-order valence-corrected chi connectivity index (χ0v) is 10.8. The molecule has 0 aromatic carbocycles. The maximum Gasteiger partial charge on any atom is 0.105 e. The topological polar surface area (TPSA) is 29.3 Å². The lowest BCUT2D eigenvalue weighted by Gasteiger charge is -2.34. The fourth-order valence-corrected chi connectivity index (χ4v) is 4.30. The Morgan fingerprint density at radius 1 is 1.20 bits per heavy atom. The second-order valence-electron chi connectivity index (χ2n) is 5.54. The molecule has 88 valence electrons. The number of nitrogens with two attached hydrogens (primary N) is 1. The van der Waals surface area contributed by atoms with Gasteiger partial charge in [-0.25, -0.2) is 0 Å². The third-order valence-electron chi connectivity index (χ3n) is 3.80. The van der Waals surface area contributed by atoms with Gasteiger partial charge in [-0.05, 0) is 37.0 Å². The van der Waals surface area contributed by atoms with Gasteiger partial charge in [-0.1, -0.05) is 13.8 Å². The summed E-state index contributed by atoms with van der Waals surface area (Å²) in [6.45, 7) is 7.25. The smallest absolute Gasteiger partial charge is 0.105 e. The van der Waals surface area contributed by atoms with Crippen LogP contribution in [0.2, 0.25) is 0 Å². The zero-order valence-electron chi connectivity index (χ0n) is 9.98. The van der Waals surface area contributed by atoms with Gasteiger partial charge in [-0.15, -0.1) is 11.8 Å². The van der Waals surface area contributed by atoms with E-state index in [4.69, 9.17) is 5.73 Å². The van der Waals surface area contributed by atoms with Crippen LogP contribution in [0.4, 0.5) is 0 Å². The highest BCUT2D eigenvalue weighted by Gasteiger charge is 2.29. The number of thioether (sulfide) groups is 1. The van der Waals surface area contributed by atoms with Crippen molar-refractivity contribution in [3.05, 3.63) is 0 Å². The molecule has 1 saturated carbocycles. The molecule has 0 radical (unpaired) electrons. The normalized spacial score (nSPS) is 43.4. The molecule has 1 aliphatic heterocycles. The van der Waals surface area contributed by atoms with E-state index in [1.165, 1.54) is 38.1 Å². The Morgan fingerprint density at radius 2 is 1.87 bits per heavy atom. The Kier molecular flexibility index (Phi) is 3.97. The summed E-state index contributed by atoms with van der Waals surface area (Å²) in [6.07, 6.45) is 4.26. The van der Waals surface area contributed by atoms with E-state index in [0.717, 1.165) is 17.8 Å². The lowest BCUT2D eigenvalue weighted by Crippen LogP contribution is -2.40. The first kappa shape index (κ1) is 11.7. The summed E-state index contributed by atoms with van der Waals surface area (Å²) in [6, 6.07) is 0. The third kappa shape index (κ3) is 3.11. The molecule has 15 heavy (non-hydrogen) atoms. The van der Waals surface area contributed by atoms with E-state index in [2.05, 4.69) is 18.7 Å². The second-order valence-corrected chi connectivity index (χ2v) is 6.76. The van der Waals surface area contributed by atoms with E-state index in [1.807, 2.05) is 11.8 Å². The van der Waals surface area contributed by atoms with Crippen molar-refractivity contribution in [3.8, 4) is 0 Å². The molecule has 0 aromatic rings. The summed E-state index contributed by atoms with van der Waals surface area (Å²) < 4.78 is 0. The van der Waals surface area contributed by atoms with Crippen molar-refractivity contribution >= 4 is 11.8 Å². The predicted octanol–water partition coefficient (Wildman–Crippen LogP) is 2.35. The fourth-order valence-electron chi connectivity index (χ4n) is 3.31. The van der Waals surface area contributed by atoms with Gasteiger partial charge in [0, 0.05) is 18.8 Å². The molecule has 0 spiro atoms. The summed E-state index contributed by atoms with van der Waals surface area (Å²) in [4.78, 5) is 2.47. The van der Waals surface area contributed by atoms with E-state index in [-0.39, 0.29) is 5.50 Å². The molecule has 2 nitrogen and oxygen atoms in total. The first-order valence-corrected chi connectivity index (χ1v) is 7.31. The summed E-state index contributed by atoms with van der Waals surface area (Å²) in [5, 5.41) is 0. The van der Waals surface area contributed by atoms with Gasteiger partial charge in [0.25, 0.3) is 0 Å². The highest BCUT2D eigenvalue weighted by molar-refractivity contribution is 8.00. The standard InChI is InChI=1S/C12H24N2S/c1-9-5-10(2)7-11(6-9)8-14-3-4-15-12(14)13/h9-12H,3-8,13H2,1-2H3. The Bertz CT molecular complexity index is 200. The van der Waals surface area contributed by atoms with Gasteiger partial charge in [0.1, 0.15) is 5.50 Å². The summed E-state index contributed by atoms with van der Waals surface area (Å²) in [7, 11) is 0. The van der Waals surface area contributed by atoms with Crippen molar-refractivity contribution < 1.29 is 0 Å². The van der Waals surface area contributed by atoms with Gasteiger partial charge in [-0.3, -0.25) is 4.90 Å². The first-order valence-electron chi connectivity index (χ1n) is 6.26. The summed E-state index contributed by atoms with van der Waals surface area (Å²) in [5.41, 5.74) is 6.33. The maximum atomic E-state index is 6.05. The van der Waals surface area contributed by atoms with Crippen molar-refractivity contribution in [2.24, 2.45) is 23.5 Å². The van der Waals surface area contributed by atoms with E-state index < -0.39 is 0 Å². The van der Waals surface area contributed by atoms with Gasteiger partial charge in [0.05, 0.1) is 0 Å².